The fourth-order valence-corrected chi connectivity index (χ4v) is 2.28. The van der Waals surface area contributed by atoms with Crippen molar-refractivity contribution in [2.45, 2.75) is 26.3 Å². The Hall–Kier alpha value is -1.75. The summed E-state index contributed by atoms with van der Waals surface area (Å²) in [7, 11) is 1.44. The minimum Gasteiger partial charge on any atom is -0.504 e. The van der Waals surface area contributed by atoms with Crippen LogP contribution in [0.2, 0.25) is 0 Å². The molecule has 0 heterocycles. The molecule has 0 saturated heterocycles. The smallest absolute Gasteiger partial charge is 0.328 e. The Kier molecular flexibility index (Phi) is 4.78. The van der Waals surface area contributed by atoms with Gasteiger partial charge in [-0.05, 0) is 37.7 Å². The number of hydrogen-bond acceptors (Lipinski definition) is 4. The zero-order valence-electron chi connectivity index (χ0n) is 11.8. The van der Waals surface area contributed by atoms with Crippen molar-refractivity contribution in [1.29, 1.82) is 0 Å². The van der Waals surface area contributed by atoms with E-state index in [1.165, 1.54) is 13.2 Å². The Balaban J connectivity index is 3.38. The molecule has 0 aliphatic heterocycles. The molecular weight excluding hydrogens is 246 g/mol. The molecule has 0 amide bonds. The van der Waals surface area contributed by atoms with Gasteiger partial charge >= 0.3 is 5.97 Å². The van der Waals surface area contributed by atoms with Crippen molar-refractivity contribution >= 4 is 5.97 Å². The van der Waals surface area contributed by atoms with Gasteiger partial charge in [-0.15, -0.1) is 0 Å². The number of nitrogens with zero attached hydrogens (tertiary/aromatic N) is 1. The molecule has 0 aliphatic carbocycles. The molecule has 1 aromatic carbocycles. The predicted molar refractivity (Wildman–Crippen MR) is 72.6 cm³/mol. The highest BCUT2D eigenvalue weighted by Gasteiger charge is 2.40. The minimum absolute atomic E-state index is 0.00136. The Bertz CT molecular complexity index is 457. The highest BCUT2D eigenvalue weighted by molar-refractivity contribution is 5.80. The van der Waals surface area contributed by atoms with Gasteiger partial charge in [-0.25, -0.2) is 4.79 Å². The molecule has 0 radical (unpaired) electrons. The lowest BCUT2D eigenvalue weighted by Crippen LogP contribution is -2.49. The van der Waals surface area contributed by atoms with Crippen molar-refractivity contribution in [3.8, 4) is 11.5 Å². The van der Waals surface area contributed by atoms with Crippen LogP contribution in [0.15, 0.2) is 18.2 Å². The number of carbonyl (C=O) groups is 1. The number of rotatable bonds is 6. The van der Waals surface area contributed by atoms with Crippen LogP contribution in [0, 0.1) is 0 Å². The molecule has 5 nitrogen and oxygen atoms in total. The topological polar surface area (TPSA) is 70.0 Å². The lowest BCUT2D eigenvalue weighted by atomic mass is 9.89. The molecule has 1 rings (SSSR count). The lowest BCUT2D eigenvalue weighted by Gasteiger charge is -2.37. The van der Waals surface area contributed by atoms with Crippen LogP contribution < -0.4 is 4.74 Å². The first kappa shape index (κ1) is 15.3. The summed E-state index contributed by atoms with van der Waals surface area (Å²) in [6.45, 7) is 6.73. The third-order valence-electron chi connectivity index (χ3n) is 3.55. The third-order valence-corrected chi connectivity index (χ3v) is 3.55. The molecule has 1 atom stereocenters. The molecule has 1 unspecified atom stereocenters. The van der Waals surface area contributed by atoms with Crippen molar-refractivity contribution in [3.63, 3.8) is 0 Å². The average molecular weight is 267 g/mol. The minimum atomic E-state index is -1.15. The number of methoxy groups -OCH3 is 1. The maximum Gasteiger partial charge on any atom is 0.328 e. The van der Waals surface area contributed by atoms with Gasteiger partial charge in [0.1, 0.15) is 5.54 Å². The molecule has 0 aromatic heterocycles. The van der Waals surface area contributed by atoms with Crippen LogP contribution in [0.1, 0.15) is 26.3 Å². The number of phenolic OH excluding ortho intramolecular Hbond substituents is 1. The second kappa shape index (κ2) is 5.93. The largest absolute Gasteiger partial charge is 0.504 e. The van der Waals surface area contributed by atoms with E-state index >= 15 is 0 Å². The van der Waals surface area contributed by atoms with Crippen molar-refractivity contribution in [3.05, 3.63) is 23.8 Å². The van der Waals surface area contributed by atoms with Crippen LogP contribution >= 0.6 is 0 Å². The number of carboxylic acids is 1. The van der Waals surface area contributed by atoms with Gasteiger partial charge in [-0.1, -0.05) is 19.9 Å². The maximum atomic E-state index is 11.7. The number of hydrogen-bond donors (Lipinski definition) is 2. The van der Waals surface area contributed by atoms with E-state index in [9.17, 15) is 15.0 Å². The summed E-state index contributed by atoms with van der Waals surface area (Å²) < 4.78 is 5.05. The van der Waals surface area contributed by atoms with Gasteiger partial charge in [0.15, 0.2) is 11.5 Å². The van der Waals surface area contributed by atoms with Gasteiger partial charge in [0.25, 0.3) is 0 Å². The van der Waals surface area contributed by atoms with E-state index in [4.69, 9.17) is 4.74 Å². The Labute approximate surface area is 113 Å². The van der Waals surface area contributed by atoms with E-state index < -0.39 is 11.5 Å². The molecular formula is C14H21NO4. The van der Waals surface area contributed by atoms with E-state index in [1.807, 2.05) is 18.7 Å². The second-order valence-corrected chi connectivity index (χ2v) is 4.44. The molecule has 0 bridgehead atoms. The SMILES string of the molecule is CCN(CC)C(C)(C(=O)O)c1ccc(O)c(OC)c1. The summed E-state index contributed by atoms with van der Waals surface area (Å²) in [6.07, 6.45) is 0. The van der Waals surface area contributed by atoms with Crippen molar-refractivity contribution in [2.24, 2.45) is 0 Å². The quantitative estimate of drug-likeness (QED) is 0.825. The van der Waals surface area contributed by atoms with Crippen LogP contribution in [0.5, 0.6) is 11.5 Å². The van der Waals surface area contributed by atoms with Crippen LogP contribution in [0.3, 0.4) is 0 Å². The summed E-state index contributed by atoms with van der Waals surface area (Å²) in [4.78, 5) is 13.6. The van der Waals surface area contributed by atoms with Crippen LogP contribution in [-0.4, -0.2) is 41.3 Å². The zero-order chi connectivity index (χ0) is 14.6. The first-order valence-corrected chi connectivity index (χ1v) is 6.27. The first-order valence-electron chi connectivity index (χ1n) is 6.27. The molecule has 2 N–H and O–H groups in total. The third kappa shape index (κ3) is 2.66. The van der Waals surface area contributed by atoms with E-state index in [0.717, 1.165) is 0 Å². The normalized spacial score (nSPS) is 14.2. The monoisotopic (exact) mass is 267 g/mol. The second-order valence-electron chi connectivity index (χ2n) is 4.44. The molecule has 0 spiro atoms. The summed E-state index contributed by atoms with van der Waals surface area (Å²) in [5.41, 5.74) is -0.567. The highest BCUT2D eigenvalue weighted by atomic mass is 16.5. The number of carboxylic acid groups (broad SMARTS) is 1. The number of aliphatic carboxylic acids is 1. The zero-order valence-corrected chi connectivity index (χ0v) is 11.8. The van der Waals surface area contributed by atoms with E-state index in [1.54, 1.807) is 19.1 Å². The molecule has 19 heavy (non-hydrogen) atoms. The summed E-state index contributed by atoms with van der Waals surface area (Å²) in [5.74, 6) is -0.653. The summed E-state index contributed by atoms with van der Waals surface area (Å²) in [6, 6.07) is 4.64. The average Bonchev–Trinajstić information content (AvgIpc) is 2.40. The van der Waals surface area contributed by atoms with E-state index in [0.29, 0.717) is 18.7 Å². The molecule has 0 saturated carbocycles. The van der Waals surface area contributed by atoms with E-state index in [-0.39, 0.29) is 11.5 Å². The number of benzene rings is 1. The number of ether oxygens (including phenoxy) is 1. The van der Waals surface area contributed by atoms with Crippen molar-refractivity contribution in [2.75, 3.05) is 20.2 Å². The van der Waals surface area contributed by atoms with Gasteiger partial charge in [-0.3, -0.25) is 4.90 Å². The van der Waals surface area contributed by atoms with Crippen LogP contribution in [-0.2, 0) is 10.3 Å². The number of phenols is 1. The molecule has 5 heteroatoms. The van der Waals surface area contributed by atoms with Crippen molar-refractivity contribution in [1.82, 2.24) is 4.90 Å². The van der Waals surface area contributed by atoms with Gasteiger partial charge in [0.2, 0.25) is 0 Å². The standard InChI is InChI=1S/C14H21NO4/c1-5-15(6-2)14(3,13(17)18)10-7-8-11(16)12(9-10)19-4/h7-9,16H,5-6H2,1-4H3,(H,17,18). The van der Waals surface area contributed by atoms with Gasteiger partial charge in [0.05, 0.1) is 7.11 Å². The van der Waals surface area contributed by atoms with Gasteiger partial charge < -0.3 is 14.9 Å². The van der Waals surface area contributed by atoms with Gasteiger partial charge in [-0.2, -0.15) is 0 Å². The Morgan fingerprint density at radius 3 is 2.37 bits per heavy atom. The molecule has 1 aromatic rings. The van der Waals surface area contributed by atoms with Crippen LogP contribution in [0.25, 0.3) is 0 Å². The van der Waals surface area contributed by atoms with Crippen molar-refractivity contribution < 1.29 is 19.7 Å². The van der Waals surface area contributed by atoms with Gasteiger partial charge in [0, 0.05) is 0 Å². The first-order chi connectivity index (χ1) is 8.91. The number of aromatic hydroxyl groups is 1. The summed E-state index contributed by atoms with van der Waals surface area (Å²) in [5, 5.41) is 19.2. The fourth-order valence-electron chi connectivity index (χ4n) is 2.28. The maximum absolute atomic E-state index is 11.7. The van der Waals surface area contributed by atoms with Crippen LogP contribution in [0.4, 0.5) is 0 Å². The Morgan fingerprint density at radius 2 is 1.95 bits per heavy atom. The highest BCUT2D eigenvalue weighted by Crippen LogP contribution is 2.34. The lowest BCUT2D eigenvalue weighted by molar-refractivity contribution is -0.151. The number of likely N-dealkylation sites (N-methyl/N-ethyl adjacent to an activating group) is 1. The van der Waals surface area contributed by atoms with E-state index in [2.05, 4.69) is 0 Å². The predicted octanol–water partition coefficient (Wildman–Crippen LogP) is 2.04. The molecule has 0 aliphatic rings. The Morgan fingerprint density at radius 1 is 1.37 bits per heavy atom. The fraction of sp³-hybridized carbons (Fsp3) is 0.500. The molecule has 0 fully saturated rings. The molecule has 106 valence electrons. The summed E-state index contributed by atoms with van der Waals surface area (Å²) >= 11 is 0.